The fourth-order valence-electron chi connectivity index (χ4n) is 6.70. The number of ether oxygens (including phenoxy) is 3. The molecule has 0 spiro atoms. The van der Waals surface area contributed by atoms with Crippen molar-refractivity contribution in [3.8, 4) is 0 Å². The highest BCUT2D eigenvalue weighted by Gasteiger charge is 2.19. The minimum atomic E-state index is -0.810. The van der Waals surface area contributed by atoms with E-state index in [2.05, 4.69) is 130 Å². The summed E-state index contributed by atoms with van der Waals surface area (Å²) in [7, 11) is 0. The monoisotopic (exact) mass is 887 g/mol. The number of unbranched alkanes of at least 4 members (excludes halogenated alkanes) is 16. The Hall–Kier alpha value is -3.93. The maximum atomic E-state index is 12.8. The number of carbonyl (C=O) groups is 3. The first kappa shape index (κ1) is 60.1. The molecule has 0 heterocycles. The van der Waals surface area contributed by atoms with Crippen molar-refractivity contribution in [2.24, 2.45) is 0 Å². The van der Waals surface area contributed by atoms with Gasteiger partial charge in [-0.25, -0.2) is 0 Å². The van der Waals surface area contributed by atoms with E-state index in [0.29, 0.717) is 19.3 Å². The summed E-state index contributed by atoms with van der Waals surface area (Å²) in [5, 5.41) is 0. The van der Waals surface area contributed by atoms with Gasteiger partial charge in [-0.1, -0.05) is 214 Å². The number of allylic oxidation sites excluding steroid dienone is 18. The highest BCUT2D eigenvalue weighted by Crippen LogP contribution is 2.14. The van der Waals surface area contributed by atoms with E-state index in [1.807, 2.05) is 0 Å². The fourth-order valence-corrected chi connectivity index (χ4v) is 6.70. The molecule has 6 nitrogen and oxygen atoms in total. The van der Waals surface area contributed by atoms with Crippen molar-refractivity contribution in [3.63, 3.8) is 0 Å². The van der Waals surface area contributed by atoms with Gasteiger partial charge in [-0.3, -0.25) is 14.4 Å². The van der Waals surface area contributed by atoms with E-state index in [0.717, 1.165) is 116 Å². The highest BCUT2D eigenvalue weighted by molar-refractivity contribution is 5.71. The Labute approximate surface area is 393 Å². The third kappa shape index (κ3) is 49.1. The molecule has 6 heteroatoms. The van der Waals surface area contributed by atoms with Crippen LogP contribution in [-0.4, -0.2) is 37.2 Å². The molecule has 0 unspecified atom stereocenters. The molecule has 0 saturated carbocycles. The van der Waals surface area contributed by atoms with Gasteiger partial charge in [0, 0.05) is 19.3 Å². The molecule has 0 saturated heterocycles. The van der Waals surface area contributed by atoms with Crippen molar-refractivity contribution >= 4 is 17.9 Å². The van der Waals surface area contributed by atoms with Gasteiger partial charge in [0.15, 0.2) is 6.10 Å². The summed E-state index contributed by atoms with van der Waals surface area (Å²) in [6, 6.07) is 0. The van der Waals surface area contributed by atoms with Crippen LogP contribution >= 0.6 is 0 Å². The molecule has 0 aromatic carbocycles. The molecule has 64 heavy (non-hydrogen) atoms. The Kier molecular flexibility index (Phi) is 48.5. The van der Waals surface area contributed by atoms with Gasteiger partial charge in [-0.15, -0.1) is 0 Å². The van der Waals surface area contributed by atoms with Crippen LogP contribution in [0.3, 0.4) is 0 Å². The summed E-state index contributed by atoms with van der Waals surface area (Å²) in [5.74, 6) is -0.994. The largest absolute Gasteiger partial charge is 0.462 e. The molecule has 0 aliphatic carbocycles. The molecule has 1 atom stereocenters. The van der Waals surface area contributed by atoms with E-state index < -0.39 is 6.10 Å². The fraction of sp³-hybridized carbons (Fsp3) is 0.638. The van der Waals surface area contributed by atoms with Gasteiger partial charge >= 0.3 is 17.9 Å². The molecule has 0 bridgehead atoms. The third-order valence-corrected chi connectivity index (χ3v) is 10.5. The van der Waals surface area contributed by atoms with Crippen LogP contribution in [0.4, 0.5) is 0 Å². The highest BCUT2D eigenvalue weighted by atomic mass is 16.6. The number of rotatable bonds is 45. The third-order valence-electron chi connectivity index (χ3n) is 10.5. The molecule has 0 aliphatic heterocycles. The van der Waals surface area contributed by atoms with Crippen molar-refractivity contribution < 1.29 is 28.6 Å². The first-order valence-corrected chi connectivity index (χ1v) is 25.9. The van der Waals surface area contributed by atoms with Crippen molar-refractivity contribution in [1.29, 1.82) is 0 Å². The molecule has 0 radical (unpaired) electrons. The van der Waals surface area contributed by atoms with Gasteiger partial charge in [0.05, 0.1) is 0 Å². The maximum absolute atomic E-state index is 12.8. The summed E-state index contributed by atoms with van der Waals surface area (Å²) in [6.07, 6.45) is 69.3. The molecular formula is C58H94O6. The molecule has 0 aliphatic rings. The van der Waals surface area contributed by atoms with Crippen LogP contribution in [0, 0.1) is 0 Å². The van der Waals surface area contributed by atoms with Gasteiger partial charge < -0.3 is 14.2 Å². The minimum Gasteiger partial charge on any atom is -0.462 e. The lowest BCUT2D eigenvalue weighted by molar-refractivity contribution is -0.167. The van der Waals surface area contributed by atoms with Gasteiger partial charge in [-0.2, -0.15) is 0 Å². The lowest BCUT2D eigenvalue weighted by atomic mass is 10.0. The Morgan fingerprint density at radius 3 is 1.02 bits per heavy atom. The van der Waals surface area contributed by atoms with Gasteiger partial charge in [0.25, 0.3) is 0 Å². The summed E-state index contributed by atoms with van der Waals surface area (Å²) in [4.78, 5) is 38.0. The Morgan fingerprint density at radius 1 is 0.328 bits per heavy atom. The van der Waals surface area contributed by atoms with E-state index in [-0.39, 0.29) is 37.5 Å². The SMILES string of the molecule is CC/C=C\C/C=C\C/C=C\C/C=C\C/C=C\CCCC(=O)OC[C@H](COC(=O)CCCCCC/C=C\C/C=C\C/C=C\C/C=C\CC)OC(=O)CCCCCCCCCCCCCC. The van der Waals surface area contributed by atoms with Crippen LogP contribution in [0.5, 0.6) is 0 Å². The van der Waals surface area contributed by atoms with E-state index in [1.54, 1.807) is 0 Å². The predicted octanol–water partition coefficient (Wildman–Crippen LogP) is 17.1. The first-order valence-electron chi connectivity index (χ1n) is 25.9. The van der Waals surface area contributed by atoms with E-state index in [9.17, 15) is 14.4 Å². The second kappa shape index (κ2) is 51.7. The van der Waals surface area contributed by atoms with Gasteiger partial charge in [-0.05, 0) is 96.3 Å². The number of carbonyl (C=O) groups excluding carboxylic acids is 3. The Morgan fingerprint density at radius 2 is 0.625 bits per heavy atom. The number of esters is 3. The average Bonchev–Trinajstić information content (AvgIpc) is 3.29. The van der Waals surface area contributed by atoms with Crippen molar-refractivity contribution in [2.45, 2.75) is 226 Å². The smallest absolute Gasteiger partial charge is 0.306 e. The number of hydrogen-bond acceptors (Lipinski definition) is 6. The molecule has 0 rings (SSSR count). The zero-order valence-electron chi connectivity index (χ0n) is 41.3. The van der Waals surface area contributed by atoms with Gasteiger partial charge in [0.2, 0.25) is 0 Å². The summed E-state index contributed by atoms with van der Waals surface area (Å²) in [5.41, 5.74) is 0. The molecule has 0 amide bonds. The van der Waals surface area contributed by atoms with E-state index in [4.69, 9.17) is 14.2 Å². The Balaban J connectivity index is 4.51. The van der Waals surface area contributed by atoms with Crippen LogP contribution in [0.2, 0.25) is 0 Å². The van der Waals surface area contributed by atoms with Crippen molar-refractivity contribution in [1.82, 2.24) is 0 Å². The summed E-state index contributed by atoms with van der Waals surface area (Å²) < 4.78 is 16.7. The van der Waals surface area contributed by atoms with E-state index in [1.165, 1.54) is 57.8 Å². The zero-order valence-corrected chi connectivity index (χ0v) is 41.3. The van der Waals surface area contributed by atoms with Crippen molar-refractivity contribution in [3.05, 3.63) is 109 Å². The molecule has 362 valence electrons. The average molecular weight is 887 g/mol. The lowest BCUT2D eigenvalue weighted by Gasteiger charge is -2.18. The molecule has 0 fully saturated rings. The van der Waals surface area contributed by atoms with Crippen LogP contribution in [0.1, 0.15) is 220 Å². The lowest BCUT2D eigenvalue weighted by Crippen LogP contribution is -2.30. The normalized spacial score (nSPS) is 13.0. The topological polar surface area (TPSA) is 78.9 Å². The molecule has 0 aromatic rings. The van der Waals surface area contributed by atoms with Crippen LogP contribution in [0.25, 0.3) is 0 Å². The zero-order chi connectivity index (χ0) is 46.5. The maximum Gasteiger partial charge on any atom is 0.306 e. The van der Waals surface area contributed by atoms with Crippen LogP contribution in [0.15, 0.2) is 109 Å². The first-order chi connectivity index (χ1) is 31.5. The second-order valence-corrected chi connectivity index (χ2v) is 16.7. The van der Waals surface area contributed by atoms with Crippen LogP contribution < -0.4 is 0 Å². The summed E-state index contributed by atoms with van der Waals surface area (Å²) >= 11 is 0. The molecule has 0 N–H and O–H groups in total. The van der Waals surface area contributed by atoms with Gasteiger partial charge in [0.1, 0.15) is 13.2 Å². The standard InChI is InChI=1S/C58H94O6/c1-4-7-10-13-16-19-22-25-27-29-31-33-36-38-41-44-47-50-56(59)62-53-55(64-58(61)52-49-46-43-40-35-24-21-18-15-12-9-6-3)54-63-57(60)51-48-45-42-39-37-34-32-30-28-26-23-20-17-14-11-8-5-2/h7-8,10-11,16-17,19-20,25-28,31-34,38,41,55H,4-6,9,12-15,18,21-24,29-30,35-37,39-40,42-54H2,1-3H3/b10-7-,11-8-,19-16-,20-17-,27-25-,28-26-,33-31-,34-32-,41-38-/t55-/m1/s1. The number of hydrogen-bond donors (Lipinski definition) is 0. The van der Waals surface area contributed by atoms with Crippen LogP contribution in [-0.2, 0) is 28.6 Å². The van der Waals surface area contributed by atoms with E-state index >= 15 is 0 Å². The minimum absolute atomic E-state index is 0.109. The molecule has 0 aromatic heterocycles. The second-order valence-electron chi connectivity index (χ2n) is 16.7. The summed E-state index contributed by atoms with van der Waals surface area (Å²) in [6.45, 7) is 6.32. The quantitative estimate of drug-likeness (QED) is 0.0262. The molecular weight excluding hydrogens is 793 g/mol. The Bertz CT molecular complexity index is 1340. The van der Waals surface area contributed by atoms with Crippen molar-refractivity contribution in [2.75, 3.05) is 13.2 Å². The predicted molar refractivity (Wildman–Crippen MR) is 274 cm³/mol.